The molecular formula is C10H15ClN2O2. The molecule has 1 rings (SSSR count). The summed E-state index contributed by atoms with van der Waals surface area (Å²) >= 11 is 0. The Bertz CT molecular complexity index is 331. The standard InChI is InChI=1S/C10H14N2O2.ClH/c1-7-4-3-5-9(12-7)8(11)6-10(13)14-2;/h3-5,8H,6,11H2,1-2H3;1H/t8-;/m0./s1. The van der Waals surface area contributed by atoms with Crippen molar-refractivity contribution in [1.29, 1.82) is 0 Å². The van der Waals surface area contributed by atoms with Crippen molar-refractivity contribution in [3.63, 3.8) is 0 Å². The van der Waals surface area contributed by atoms with Crippen LogP contribution in [0.25, 0.3) is 0 Å². The summed E-state index contributed by atoms with van der Waals surface area (Å²) in [5.41, 5.74) is 7.39. The molecule has 0 bridgehead atoms. The summed E-state index contributed by atoms with van der Waals surface area (Å²) in [6, 6.07) is 5.17. The number of hydrogen-bond donors (Lipinski definition) is 1. The molecule has 0 aliphatic carbocycles. The number of methoxy groups -OCH3 is 1. The lowest BCUT2D eigenvalue weighted by atomic mass is 10.1. The van der Waals surface area contributed by atoms with Crippen LogP contribution in [0.15, 0.2) is 18.2 Å². The maximum atomic E-state index is 11.0. The second-order valence-electron chi connectivity index (χ2n) is 3.09. The van der Waals surface area contributed by atoms with Gasteiger partial charge in [-0.2, -0.15) is 0 Å². The van der Waals surface area contributed by atoms with Gasteiger partial charge in [0, 0.05) is 5.69 Å². The first-order valence-corrected chi connectivity index (χ1v) is 4.39. The summed E-state index contributed by atoms with van der Waals surface area (Å²) in [7, 11) is 1.35. The number of aromatic nitrogens is 1. The van der Waals surface area contributed by atoms with Crippen LogP contribution in [0.1, 0.15) is 23.9 Å². The van der Waals surface area contributed by atoms with E-state index in [1.54, 1.807) is 6.07 Å². The maximum absolute atomic E-state index is 11.0. The van der Waals surface area contributed by atoms with Gasteiger partial charge in [-0.05, 0) is 19.1 Å². The van der Waals surface area contributed by atoms with Crippen molar-refractivity contribution in [1.82, 2.24) is 4.98 Å². The number of hydrogen-bond acceptors (Lipinski definition) is 4. The molecular weight excluding hydrogens is 216 g/mol. The summed E-state index contributed by atoms with van der Waals surface area (Å²) in [4.78, 5) is 15.2. The highest BCUT2D eigenvalue weighted by atomic mass is 35.5. The van der Waals surface area contributed by atoms with Crippen LogP contribution < -0.4 is 5.73 Å². The second-order valence-corrected chi connectivity index (χ2v) is 3.09. The third-order valence-electron chi connectivity index (χ3n) is 1.90. The van der Waals surface area contributed by atoms with E-state index >= 15 is 0 Å². The summed E-state index contributed by atoms with van der Waals surface area (Å²) in [6.07, 6.45) is 0.160. The molecule has 2 N–H and O–H groups in total. The summed E-state index contributed by atoms with van der Waals surface area (Å²) in [5.74, 6) is -0.319. The van der Waals surface area contributed by atoms with Gasteiger partial charge >= 0.3 is 5.97 Å². The topological polar surface area (TPSA) is 65.2 Å². The molecule has 0 aliphatic rings. The van der Waals surface area contributed by atoms with E-state index in [2.05, 4.69) is 9.72 Å². The molecule has 0 saturated heterocycles. The summed E-state index contributed by atoms with van der Waals surface area (Å²) in [5, 5.41) is 0. The number of halogens is 1. The normalized spacial score (nSPS) is 11.4. The van der Waals surface area contributed by atoms with Crippen molar-refractivity contribution in [3.8, 4) is 0 Å². The maximum Gasteiger partial charge on any atom is 0.307 e. The molecule has 1 aromatic rings. The third-order valence-corrected chi connectivity index (χ3v) is 1.90. The molecule has 1 heterocycles. The summed E-state index contributed by atoms with van der Waals surface area (Å²) in [6.45, 7) is 1.88. The Balaban J connectivity index is 0.00000196. The van der Waals surface area contributed by atoms with E-state index in [1.165, 1.54) is 7.11 Å². The highest BCUT2D eigenvalue weighted by molar-refractivity contribution is 5.85. The lowest BCUT2D eigenvalue weighted by Crippen LogP contribution is -2.17. The minimum absolute atomic E-state index is 0. The van der Waals surface area contributed by atoms with Gasteiger partial charge in [0.2, 0.25) is 0 Å². The predicted molar refractivity (Wildman–Crippen MR) is 59.8 cm³/mol. The van der Waals surface area contributed by atoms with Crippen LogP contribution in [-0.2, 0) is 9.53 Å². The van der Waals surface area contributed by atoms with Crippen molar-refractivity contribution in [2.45, 2.75) is 19.4 Å². The van der Waals surface area contributed by atoms with Crippen LogP contribution in [0.3, 0.4) is 0 Å². The number of carbonyl (C=O) groups excluding carboxylic acids is 1. The Morgan fingerprint density at radius 1 is 1.60 bits per heavy atom. The van der Waals surface area contributed by atoms with Gasteiger partial charge in [-0.1, -0.05) is 6.07 Å². The van der Waals surface area contributed by atoms with Crippen LogP contribution >= 0.6 is 12.4 Å². The number of nitrogens with zero attached hydrogens (tertiary/aromatic N) is 1. The fourth-order valence-electron chi connectivity index (χ4n) is 1.14. The lowest BCUT2D eigenvalue weighted by molar-refractivity contribution is -0.141. The van der Waals surface area contributed by atoms with Crippen molar-refractivity contribution >= 4 is 18.4 Å². The average Bonchev–Trinajstić information content (AvgIpc) is 2.17. The molecule has 0 aliphatic heterocycles. The zero-order chi connectivity index (χ0) is 10.6. The zero-order valence-corrected chi connectivity index (χ0v) is 9.58. The Morgan fingerprint density at radius 2 is 2.27 bits per heavy atom. The Morgan fingerprint density at radius 3 is 2.80 bits per heavy atom. The molecule has 0 saturated carbocycles. The smallest absolute Gasteiger partial charge is 0.307 e. The summed E-state index contributed by atoms with van der Waals surface area (Å²) < 4.78 is 4.53. The molecule has 5 heteroatoms. The fraction of sp³-hybridized carbons (Fsp3) is 0.400. The van der Waals surface area contributed by atoms with E-state index in [1.807, 2.05) is 19.1 Å². The van der Waals surface area contributed by atoms with E-state index in [9.17, 15) is 4.79 Å². The van der Waals surface area contributed by atoms with Gasteiger partial charge in [0.1, 0.15) is 0 Å². The Hall–Kier alpha value is -1.13. The van der Waals surface area contributed by atoms with E-state index in [0.29, 0.717) is 0 Å². The SMILES string of the molecule is COC(=O)C[C@H](N)c1cccc(C)n1.Cl. The van der Waals surface area contributed by atoms with Crippen LogP contribution in [0.5, 0.6) is 0 Å². The molecule has 1 aromatic heterocycles. The second kappa shape index (κ2) is 6.37. The lowest BCUT2D eigenvalue weighted by Gasteiger charge is -2.09. The van der Waals surface area contributed by atoms with E-state index in [4.69, 9.17) is 5.73 Å². The van der Waals surface area contributed by atoms with Crippen LogP contribution in [-0.4, -0.2) is 18.1 Å². The van der Waals surface area contributed by atoms with Gasteiger partial charge in [-0.25, -0.2) is 0 Å². The Labute approximate surface area is 95.2 Å². The van der Waals surface area contributed by atoms with E-state index in [-0.39, 0.29) is 30.8 Å². The van der Waals surface area contributed by atoms with Gasteiger partial charge in [-0.3, -0.25) is 9.78 Å². The highest BCUT2D eigenvalue weighted by Gasteiger charge is 2.12. The largest absolute Gasteiger partial charge is 0.469 e. The first-order valence-electron chi connectivity index (χ1n) is 4.39. The first kappa shape index (κ1) is 13.9. The molecule has 0 unspecified atom stereocenters. The highest BCUT2D eigenvalue weighted by Crippen LogP contribution is 2.11. The molecule has 0 fully saturated rings. The third kappa shape index (κ3) is 4.27. The minimum atomic E-state index is -0.387. The molecule has 1 atom stereocenters. The number of pyridine rings is 1. The number of carbonyl (C=O) groups is 1. The van der Waals surface area contributed by atoms with Gasteiger partial charge in [-0.15, -0.1) is 12.4 Å². The number of ether oxygens (including phenoxy) is 1. The minimum Gasteiger partial charge on any atom is -0.469 e. The van der Waals surface area contributed by atoms with Gasteiger partial charge in [0.15, 0.2) is 0 Å². The fourth-order valence-corrected chi connectivity index (χ4v) is 1.14. The van der Waals surface area contributed by atoms with Crippen LogP contribution in [0, 0.1) is 6.92 Å². The van der Waals surface area contributed by atoms with E-state index in [0.717, 1.165) is 11.4 Å². The molecule has 84 valence electrons. The van der Waals surface area contributed by atoms with Crippen molar-refractivity contribution in [3.05, 3.63) is 29.6 Å². The molecule has 0 spiro atoms. The van der Waals surface area contributed by atoms with Crippen molar-refractivity contribution in [2.75, 3.05) is 7.11 Å². The molecule has 0 aromatic carbocycles. The number of esters is 1. The molecule has 15 heavy (non-hydrogen) atoms. The molecule has 0 amide bonds. The van der Waals surface area contributed by atoms with Crippen LogP contribution in [0.2, 0.25) is 0 Å². The molecule has 0 radical (unpaired) electrons. The number of rotatable bonds is 3. The van der Waals surface area contributed by atoms with Gasteiger partial charge in [0.05, 0.1) is 25.3 Å². The predicted octanol–water partition coefficient (Wildman–Crippen LogP) is 1.37. The zero-order valence-electron chi connectivity index (χ0n) is 8.77. The monoisotopic (exact) mass is 230 g/mol. The quantitative estimate of drug-likeness (QED) is 0.797. The first-order chi connectivity index (χ1) is 6.63. The van der Waals surface area contributed by atoms with Crippen molar-refractivity contribution < 1.29 is 9.53 Å². The van der Waals surface area contributed by atoms with Crippen molar-refractivity contribution in [2.24, 2.45) is 5.73 Å². The Kier molecular flexibility index (Phi) is 5.89. The van der Waals surface area contributed by atoms with Gasteiger partial charge < -0.3 is 10.5 Å². The van der Waals surface area contributed by atoms with Crippen LogP contribution in [0.4, 0.5) is 0 Å². The van der Waals surface area contributed by atoms with Gasteiger partial charge in [0.25, 0.3) is 0 Å². The van der Waals surface area contributed by atoms with E-state index < -0.39 is 0 Å². The molecule has 4 nitrogen and oxygen atoms in total. The number of aryl methyl sites for hydroxylation is 1. The average molecular weight is 231 g/mol. The number of nitrogens with two attached hydrogens (primary N) is 1.